The van der Waals surface area contributed by atoms with E-state index in [-0.39, 0.29) is 12.2 Å². The van der Waals surface area contributed by atoms with Crippen molar-refractivity contribution in [1.29, 1.82) is 0 Å². The molecule has 0 aromatic carbocycles. The van der Waals surface area contributed by atoms with Crippen LogP contribution in [-0.4, -0.2) is 29.0 Å². The maximum absolute atomic E-state index is 11.3. The highest BCUT2D eigenvalue weighted by molar-refractivity contribution is 6.02. The van der Waals surface area contributed by atoms with Crippen LogP contribution in [0.3, 0.4) is 0 Å². The Labute approximate surface area is 107 Å². The molecule has 1 aromatic heterocycles. The zero-order valence-corrected chi connectivity index (χ0v) is 10.6. The second-order valence-corrected chi connectivity index (χ2v) is 4.68. The second kappa shape index (κ2) is 6.50. The number of nitrogens with zero attached hydrogens (tertiary/aromatic N) is 1. The van der Waals surface area contributed by atoms with Gasteiger partial charge in [-0.3, -0.25) is 9.79 Å². The SMILES string of the molecule is O=c1ccc2c([nH]1)CCC/C2=N\CCCCCO. The number of unbranched alkanes of at least 4 members (excludes halogenated alkanes) is 2. The van der Waals surface area contributed by atoms with Crippen LogP contribution in [0, 0.1) is 0 Å². The standard InChI is InChI=1S/C14H20N2O2/c17-10-3-1-2-9-15-12-5-4-6-13-11(12)7-8-14(18)16-13/h7-8,17H,1-6,9-10H2,(H,16,18)/b15-12+. The highest BCUT2D eigenvalue weighted by Gasteiger charge is 2.15. The lowest BCUT2D eigenvalue weighted by atomic mass is 9.94. The van der Waals surface area contributed by atoms with E-state index in [2.05, 4.69) is 9.98 Å². The van der Waals surface area contributed by atoms with E-state index in [1.54, 1.807) is 6.07 Å². The summed E-state index contributed by atoms with van der Waals surface area (Å²) in [5, 5.41) is 8.70. The van der Waals surface area contributed by atoms with Crippen LogP contribution >= 0.6 is 0 Å². The Morgan fingerprint density at radius 2 is 2.11 bits per heavy atom. The number of H-pyrrole nitrogens is 1. The molecule has 98 valence electrons. The van der Waals surface area contributed by atoms with Crippen molar-refractivity contribution < 1.29 is 5.11 Å². The molecule has 1 aromatic rings. The number of aliphatic hydroxyl groups is 1. The summed E-state index contributed by atoms with van der Waals surface area (Å²) in [5.41, 5.74) is 3.24. The largest absolute Gasteiger partial charge is 0.396 e. The molecule has 0 spiro atoms. The van der Waals surface area contributed by atoms with Crippen molar-refractivity contribution in [3.05, 3.63) is 33.7 Å². The van der Waals surface area contributed by atoms with E-state index < -0.39 is 0 Å². The fourth-order valence-corrected chi connectivity index (χ4v) is 2.33. The van der Waals surface area contributed by atoms with Gasteiger partial charge in [0, 0.05) is 36.2 Å². The van der Waals surface area contributed by atoms with E-state index in [9.17, 15) is 4.79 Å². The Kier molecular flexibility index (Phi) is 4.70. The van der Waals surface area contributed by atoms with Gasteiger partial charge in [-0.25, -0.2) is 0 Å². The maximum Gasteiger partial charge on any atom is 0.248 e. The summed E-state index contributed by atoms with van der Waals surface area (Å²) >= 11 is 0. The first-order chi connectivity index (χ1) is 8.81. The molecular formula is C14H20N2O2. The number of aromatic amines is 1. The van der Waals surface area contributed by atoms with Crippen LogP contribution in [0.1, 0.15) is 43.4 Å². The lowest BCUT2D eigenvalue weighted by Crippen LogP contribution is -2.18. The molecule has 0 atom stereocenters. The van der Waals surface area contributed by atoms with E-state index in [4.69, 9.17) is 5.11 Å². The summed E-state index contributed by atoms with van der Waals surface area (Å²) in [6, 6.07) is 3.46. The number of pyridine rings is 1. The average Bonchev–Trinajstić information content (AvgIpc) is 2.38. The zero-order valence-electron chi connectivity index (χ0n) is 10.6. The minimum Gasteiger partial charge on any atom is -0.396 e. The molecule has 0 unspecified atom stereocenters. The van der Waals surface area contributed by atoms with Crippen LogP contribution in [0.15, 0.2) is 21.9 Å². The average molecular weight is 248 g/mol. The van der Waals surface area contributed by atoms with Gasteiger partial charge in [0.05, 0.1) is 0 Å². The number of aromatic nitrogens is 1. The van der Waals surface area contributed by atoms with Gasteiger partial charge in [0.1, 0.15) is 0 Å². The zero-order chi connectivity index (χ0) is 12.8. The van der Waals surface area contributed by atoms with E-state index in [0.717, 1.165) is 62.0 Å². The molecule has 1 aliphatic carbocycles. The minimum atomic E-state index is -0.0297. The number of aliphatic imine (C=N–C) groups is 1. The molecule has 2 N–H and O–H groups in total. The summed E-state index contributed by atoms with van der Waals surface area (Å²) in [5.74, 6) is 0. The van der Waals surface area contributed by atoms with Crippen molar-refractivity contribution in [3.63, 3.8) is 0 Å². The molecule has 0 fully saturated rings. The Hall–Kier alpha value is -1.42. The molecule has 0 saturated carbocycles. The summed E-state index contributed by atoms with van der Waals surface area (Å²) in [6.07, 6.45) is 5.89. The molecule has 0 bridgehead atoms. The third-order valence-corrected chi connectivity index (χ3v) is 3.27. The highest BCUT2D eigenvalue weighted by Crippen LogP contribution is 2.18. The maximum atomic E-state index is 11.3. The number of rotatable bonds is 5. The number of nitrogens with one attached hydrogen (secondary N) is 1. The Bertz CT molecular complexity index is 477. The molecule has 4 nitrogen and oxygen atoms in total. The van der Waals surface area contributed by atoms with Crippen LogP contribution in [0.25, 0.3) is 0 Å². The van der Waals surface area contributed by atoms with Crippen LogP contribution < -0.4 is 5.56 Å². The summed E-state index contributed by atoms with van der Waals surface area (Å²) in [4.78, 5) is 18.8. The van der Waals surface area contributed by atoms with Crippen molar-refractivity contribution in [3.8, 4) is 0 Å². The molecule has 1 heterocycles. The normalized spacial score (nSPS) is 16.8. The number of hydrogen-bond acceptors (Lipinski definition) is 3. The monoisotopic (exact) mass is 248 g/mol. The van der Waals surface area contributed by atoms with Crippen molar-refractivity contribution in [1.82, 2.24) is 4.98 Å². The van der Waals surface area contributed by atoms with Gasteiger partial charge in [0.2, 0.25) is 5.56 Å². The van der Waals surface area contributed by atoms with Gasteiger partial charge in [-0.1, -0.05) is 0 Å². The topological polar surface area (TPSA) is 65.5 Å². The lowest BCUT2D eigenvalue weighted by Gasteiger charge is -2.17. The first-order valence-electron chi connectivity index (χ1n) is 6.68. The summed E-state index contributed by atoms with van der Waals surface area (Å²) in [7, 11) is 0. The van der Waals surface area contributed by atoms with E-state index in [1.807, 2.05) is 6.07 Å². The number of aryl methyl sites for hydroxylation is 1. The third kappa shape index (κ3) is 3.29. The summed E-state index contributed by atoms with van der Waals surface area (Å²) in [6.45, 7) is 1.08. The molecule has 0 radical (unpaired) electrons. The van der Waals surface area contributed by atoms with E-state index in [1.165, 1.54) is 0 Å². The smallest absolute Gasteiger partial charge is 0.248 e. The fourth-order valence-electron chi connectivity index (χ4n) is 2.33. The van der Waals surface area contributed by atoms with Gasteiger partial charge in [0.15, 0.2) is 0 Å². The molecular weight excluding hydrogens is 228 g/mol. The second-order valence-electron chi connectivity index (χ2n) is 4.68. The molecule has 0 aliphatic heterocycles. The highest BCUT2D eigenvalue weighted by atomic mass is 16.2. The van der Waals surface area contributed by atoms with Crippen LogP contribution in [0.4, 0.5) is 0 Å². The Balaban J connectivity index is 2.03. The van der Waals surface area contributed by atoms with Gasteiger partial charge in [-0.15, -0.1) is 0 Å². The van der Waals surface area contributed by atoms with Gasteiger partial charge in [-0.05, 0) is 44.6 Å². The molecule has 2 rings (SSSR count). The Morgan fingerprint density at radius 1 is 1.22 bits per heavy atom. The van der Waals surface area contributed by atoms with Gasteiger partial charge in [-0.2, -0.15) is 0 Å². The van der Waals surface area contributed by atoms with Crippen molar-refractivity contribution in [2.45, 2.75) is 38.5 Å². The van der Waals surface area contributed by atoms with Crippen LogP contribution in [0.5, 0.6) is 0 Å². The van der Waals surface area contributed by atoms with Gasteiger partial charge >= 0.3 is 0 Å². The molecule has 0 amide bonds. The van der Waals surface area contributed by atoms with Crippen molar-refractivity contribution >= 4 is 5.71 Å². The molecule has 4 heteroatoms. The van der Waals surface area contributed by atoms with Crippen molar-refractivity contribution in [2.24, 2.45) is 4.99 Å². The molecule has 0 saturated heterocycles. The van der Waals surface area contributed by atoms with Gasteiger partial charge < -0.3 is 10.1 Å². The molecule has 1 aliphatic rings. The fraction of sp³-hybridized carbons (Fsp3) is 0.571. The van der Waals surface area contributed by atoms with E-state index >= 15 is 0 Å². The minimum absolute atomic E-state index is 0.0297. The van der Waals surface area contributed by atoms with Crippen LogP contribution in [0.2, 0.25) is 0 Å². The lowest BCUT2D eigenvalue weighted by molar-refractivity contribution is 0.283. The quantitative estimate of drug-likeness (QED) is 0.778. The predicted octanol–water partition coefficient (Wildman–Crippen LogP) is 1.66. The first kappa shape index (κ1) is 13.0. The van der Waals surface area contributed by atoms with Crippen LogP contribution in [-0.2, 0) is 6.42 Å². The summed E-state index contributed by atoms with van der Waals surface area (Å²) < 4.78 is 0. The predicted molar refractivity (Wildman–Crippen MR) is 72.3 cm³/mol. The Morgan fingerprint density at radius 3 is 2.94 bits per heavy atom. The first-order valence-corrected chi connectivity index (χ1v) is 6.68. The van der Waals surface area contributed by atoms with Gasteiger partial charge in [0.25, 0.3) is 0 Å². The number of hydrogen-bond donors (Lipinski definition) is 2. The van der Waals surface area contributed by atoms with E-state index in [0.29, 0.717) is 0 Å². The van der Waals surface area contributed by atoms with Crippen molar-refractivity contribution in [2.75, 3.05) is 13.2 Å². The number of aliphatic hydroxyl groups excluding tert-OH is 1. The number of fused-ring (bicyclic) bond motifs is 1. The molecule has 18 heavy (non-hydrogen) atoms. The third-order valence-electron chi connectivity index (χ3n) is 3.27.